The molecule has 7 heteroatoms. The zero-order valence-corrected chi connectivity index (χ0v) is 18.3. The van der Waals surface area contributed by atoms with E-state index in [2.05, 4.69) is 30.0 Å². The number of benzene rings is 2. The number of carbonyl (C=O) groups excluding carboxylic acids is 2. The van der Waals surface area contributed by atoms with Gasteiger partial charge in [0.25, 0.3) is 0 Å². The quantitative estimate of drug-likeness (QED) is 0.738. The van der Waals surface area contributed by atoms with Crippen LogP contribution in [0.1, 0.15) is 29.2 Å². The summed E-state index contributed by atoms with van der Waals surface area (Å²) in [7, 11) is 1.67. The van der Waals surface area contributed by atoms with Gasteiger partial charge in [0.05, 0.1) is 6.54 Å². The van der Waals surface area contributed by atoms with Crippen LogP contribution in [0, 0.1) is 12.7 Å². The van der Waals surface area contributed by atoms with Crippen LogP contribution in [-0.4, -0.2) is 66.3 Å². The molecule has 2 amide bonds. The van der Waals surface area contributed by atoms with Gasteiger partial charge in [0.1, 0.15) is 11.9 Å². The van der Waals surface area contributed by atoms with Gasteiger partial charge < -0.3 is 10.6 Å². The second kappa shape index (κ2) is 10.5. The molecule has 2 N–H and O–H groups in total. The number of hydrogen-bond donors (Lipinski definition) is 1. The molecule has 1 saturated heterocycles. The van der Waals surface area contributed by atoms with Crippen LogP contribution in [0.2, 0.25) is 0 Å². The summed E-state index contributed by atoms with van der Waals surface area (Å²) in [4.78, 5) is 30.8. The number of amides is 2. The van der Waals surface area contributed by atoms with Gasteiger partial charge in [-0.15, -0.1) is 0 Å². The molecule has 0 aliphatic carbocycles. The van der Waals surface area contributed by atoms with Gasteiger partial charge in [0.15, 0.2) is 0 Å². The molecule has 1 unspecified atom stereocenters. The van der Waals surface area contributed by atoms with E-state index in [0.29, 0.717) is 18.7 Å². The summed E-state index contributed by atoms with van der Waals surface area (Å²) in [5, 5.41) is 0. The normalized spacial score (nSPS) is 16.2. The first kappa shape index (κ1) is 22.9. The summed E-state index contributed by atoms with van der Waals surface area (Å²) in [6, 6.07) is 13.3. The number of aryl methyl sites for hydroxylation is 1. The van der Waals surface area contributed by atoms with Gasteiger partial charge >= 0.3 is 0 Å². The van der Waals surface area contributed by atoms with Crippen LogP contribution in [0.5, 0.6) is 0 Å². The maximum atomic E-state index is 13.6. The van der Waals surface area contributed by atoms with E-state index in [-0.39, 0.29) is 12.5 Å². The third kappa shape index (κ3) is 6.12. The summed E-state index contributed by atoms with van der Waals surface area (Å²) >= 11 is 0. The summed E-state index contributed by atoms with van der Waals surface area (Å²) in [5.41, 5.74) is 8.60. The molecule has 0 saturated carbocycles. The van der Waals surface area contributed by atoms with Crippen molar-refractivity contribution < 1.29 is 14.0 Å². The van der Waals surface area contributed by atoms with Crippen LogP contribution in [0.25, 0.3) is 0 Å². The third-order valence-electron chi connectivity index (χ3n) is 5.86. The molecule has 1 aliphatic rings. The van der Waals surface area contributed by atoms with Gasteiger partial charge in [-0.2, -0.15) is 0 Å². The first-order valence-corrected chi connectivity index (χ1v) is 10.6. The summed E-state index contributed by atoms with van der Waals surface area (Å²) in [6.45, 7) is 6.08. The van der Waals surface area contributed by atoms with Gasteiger partial charge in [-0.3, -0.25) is 19.4 Å². The number of nitrogens with two attached hydrogens (primary N) is 1. The van der Waals surface area contributed by atoms with Crippen LogP contribution in [0.3, 0.4) is 0 Å². The van der Waals surface area contributed by atoms with Crippen molar-refractivity contribution in [3.05, 3.63) is 71.0 Å². The molecular weight excluding hydrogens is 395 g/mol. The Morgan fingerprint density at radius 2 is 1.87 bits per heavy atom. The summed E-state index contributed by atoms with van der Waals surface area (Å²) in [6.07, 6.45) is 0.893. The zero-order valence-electron chi connectivity index (χ0n) is 18.3. The number of nitrogens with zero attached hydrogens (tertiary/aromatic N) is 3. The molecule has 0 radical (unpaired) electrons. The summed E-state index contributed by atoms with van der Waals surface area (Å²) in [5.74, 6) is -1.10. The first-order chi connectivity index (χ1) is 14.8. The molecule has 1 aliphatic heterocycles. The standard InChI is InChI=1S/C24H31FN4O2/c1-18-7-3-4-8-20(18)16-28-11-6-12-29(14-13-28)22(30)17-27(2)23(24(26)31)19-9-5-10-21(25)15-19/h3-5,7-10,15,23H,6,11-14,16-17H2,1-2H3,(H2,26,31). The van der Waals surface area contributed by atoms with Crippen molar-refractivity contribution in [2.45, 2.75) is 25.9 Å². The van der Waals surface area contributed by atoms with Crippen molar-refractivity contribution in [3.8, 4) is 0 Å². The van der Waals surface area contributed by atoms with E-state index in [4.69, 9.17) is 5.73 Å². The van der Waals surface area contributed by atoms with Crippen LogP contribution < -0.4 is 5.73 Å². The zero-order chi connectivity index (χ0) is 22.4. The Hall–Kier alpha value is -2.77. The molecule has 1 fully saturated rings. The fourth-order valence-electron chi connectivity index (χ4n) is 4.12. The second-order valence-electron chi connectivity index (χ2n) is 8.21. The van der Waals surface area contributed by atoms with Crippen molar-refractivity contribution >= 4 is 11.8 Å². The smallest absolute Gasteiger partial charge is 0.239 e. The number of halogens is 1. The maximum Gasteiger partial charge on any atom is 0.239 e. The number of likely N-dealkylation sites (N-methyl/N-ethyl adjacent to an activating group) is 1. The number of hydrogen-bond acceptors (Lipinski definition) is 4. The van der Waals surface area contributed by atoms with Crippen molar-refractivity contribution in [1.82, 2.24) is 14.7 Å². The average molecular weight is 427 g/mol. The highest BCUT2D eigenvalue weighted by atomic mass is 19.1. The van der Waals surface area contributed by atoms with Gasteiger partial charge in [-0.05, 0) is 49.2 Å². The Labute approximate surface area is 183 Å². The molecule has 1 heterocycles. The fourth-order valence-corrected chi connectivity index (χ4v) is 4.12. The van der Waals surface area contributed by atoms with Crippen molar-refractivity contribution in [3.63, 3.8) is 0 Å². The first-order valence-electron chi connectivity index (χ1n) is 10.6. The van der Waals surface area contributed by atoms with Crippen molar-refractivity contribution in [2.24, 2.45) is 5.73 Å². The third-order valence-corrected chi connectivity index (χ3v) is 5.86. The minimum Gasteiger partial charge on any atom is -0.368 e. The highest BCUT2D eigenvalue weighted by Gasteiger charge is 2.27. The van der Waals surface area contributed by atoms with Crippen molar-refractivity contribution in [1.29, 1.82) is 0 Å². The predicted octanol–water partition coefficient (Wildman–Crippen LogP) is 2.33. The molecule has 2 aromatic rings. The molecule has 6 nitrogen and oxygen atoms in total. The van der Waals surface area contributed by atoms with Crippen LogP contribution >= 0.6 is 0 Å². The molecule has 0 spiro atoms. The van der Waals surface area contributed by atoms with Crippen LogP contribution in [0.15, 0.2) is 48.5 Å². The lowest BCUT2D eigenvalue weighted by molar-refractivity contribution is -0.133. The van der Waals surface area contributed by atoms with Crippen LogP contribution in [-0.2, 0) is 16.1 Å². The van der Waals surface area contributed by atoms with E-state index in [1.807, 2.05) is 11.0 Å². The lowest BCUT2D eigenvalue weighted by Crippen LogP contribution is -2.44. The van der Waals surface area contributed by atoms with Gasteiger partial charge in [0.2, 0.25) is 11.8 Å². The van der Waals surface area contributed by atoms with E-state index < -0.39 is 17.8 Å². The second-order valence-corrected chi connectivity index (χ2v) is 8.21. The maximum absolute atomic E-state index is 13.6. The largest absolute Gasteiger partial charge is 0.368 e. The van der Waals surface area contributed by atoms with E-state index in [0.717, 1.165) is 26.1 Å². The molecule has 3 rings (SSSR count). The number of carbonyl (C=O) groups is 2. The van der Waals surface area contributed by atoms with E-state index in [9.17, 15) is 14.0 Å². The van der Waals surface area contributed by atoms with Gasteiger partial charge in [0, 0.05) is 32.7 Å². The minimum atomic E-state index is -0.857. The topological polar surface area (TPSA) is 69.9 Å². The number of rotatable bonds is 7. The van der Waals surface area contributed by atoms with E-state index >= 15 is 0 Å². The Morgan fingerprint density at radius 1 is 1.10 bits per heavy atom. The molecular formula is C24H31FN4O2. The predicted molar refractivity (Wildman–Crippen MR) is 119 cm³/mol. The lowest BCUT2D eigenvalue weighted by Gasteiger charge is -2.28. The average Bonchev–Trinajstić information content (AvgIpc) is 2.95. The molecule has 1 atom stereocenters. The van der Waals surface area contributed by atoms with Crippen LogP contribution in [0.4, 0.5) is 4.39 Å². The molecule has 0 bridgehead atoms. The fraction of sp³-hybridized carbons (Fsp3) is 0.417. The molecule has 2 aromatic carbocycles. The van der Waals surface area contributed by atoms with E-state index in [1.165, 1.54) is 29.3 Å². The molecule has 31 heavy (non-hydrogen) atoms. The Bertz CT molecular complexity index is 920. The summed E-state index contributed by atoms with van der Waals surface area (Å²) < 4.78 is 13.6. The van der Waals surface area contributed by atoms with Crippen molar-refractivity contribution in [2.75, 3.05) is 39.8 Å². The lowest BCUT2D eigenvalue weighted by atomic mass is 10.0. The van der Waals surface area contributed by atoms with E-state index in [1.54, 1.807) is 18.0 Å². The monoisotopic (exact) mass is 426 g/mol. The highest BCUT2D eigenvalue weighted by molar-refractivity contribution is 5.83. The highest BCUT2D eigenvalue weighted by Crippen LogP contribution is 2.20. The Morgan fingerprint density at radius 3 is 2.58 bits per heavy atom. The molecule has 166 valence electrons. The Kier molecular flexibility index (Phi) is 7.76. The molecule has 0 aromatic heterocycles. The van der Waals surface area contributed by atoms with Gasteiger partial charge in [-0.25, -0.2) is 4.39 Å². The number of primary amides is 1. The SMILES string of the molecule is Cc1ccccc1CN1CCCN(C(=O)CN(C)C(C(N)=O)c2cccc(F)c2)CC1. The minimum absolute atomic E-state index is 0.0436. The van der Waals surface area contributed by atoms with Gasteiger partial charge in [-0.1, -0.05) is 36.4 Å². The Balaban J connectivity index is 1.59.